The number of ether oxygens (including phenoxy) is 4. The molecule has 1 aliphatic heterocycles. The van der Waals surface area contributed by atoms with Gasteiger partial charge in [0, 0.05) is 33.2 Å². The van der Waals surface area contributed by atoms with E-state index in [0.29, 0.717) is 34.6 Å². The third-order valence-corrected chi connectivity index (χ3v) is 6.29. The summed E-state index contributed by atoms with van der Waals surface area (Å²) in [5, 5.41) is 4.57. The van der Waals surface area contributed by atoms with Crippen molar-refractivity contribution in [3.05, 3.63) is 79.7 Å². The molecular weight excluding hydrogens is 505 g/mol. The average molecular weight is 525 g/mol. The predicted octanol–water partition coefficient (Wildman–Crippen LogP) is 6.36. The van der Waals surface area contributed by atoms with E-state index < -0.39 is 0 Å². The van der Waals surface area contributed by atoms with Gasteiger partial charge in [0.05, 0.1) is 7.11 Å². The third kappa shape index (κ3) is 5.21. The maximum absolute atomic E-state index is 6.24. The van der Waals surface area contributed by atoms with Crippen LogP contribution in [0.1, 0.15) is 16.7 Å². The Hall–Kier alpha value is -2.12. The van der Waals surface area contributed by atoms with Gasteiger partial charge in [0.15, 0.2) is 23.0 Å². The maximum atomic E-state index is 6.24. The van der Waals surface area contributed by atoms with E-state index in [1.165, 1.54) is 0 Å². The standard InChI is InChI=1S/C23H20BrCl2NO4/c1-28-21-8-15(11-27-10-14-5-6-20-22(7-14)31-13-30-20)17(24)9-23(21)29-12-16-18(25)3-2-4-19(16)26/h2-9,27H,10-13H2,1H3. The van der Waals surface area contributed by atoms with E-state index in [9.17, 15) is 0 Å². The van der Waals surface area contributed by atoms with Gasteiger partial charge in [0.25, 0.3) is 0 Å². The minimum absolute atomic E-state index is 0.239. The summed E-state index contributed by atoms with van der Waals surface area (Å²) in [4.78, 5) is 0. The third-order valence-electron chi connectivity index (χ3n) is 4.85. The maximum Gasteiger partial charge on any atom is 0.231 e. The van der Waals surface area contributed by atoms with E-state index in [1.54, 1.807) is 25.3 Å². The van der Waals surface area contributed by atoms with Gasteiger partial charge in [-0.1, -0.05) is 51.3 Å². The van der Waals surface area contributed by atoms with Gasteiger partial charge >= 0.3 is 0 Å². The van der Waals surface area contributed by atoms with Crippen LogP contribution >= 0.6 is 39.1 Å². The van der Waals surface area contributed by atoms with E-state index in [2.05, 4.69) is 21.2 Å². The van der Waals surface area contributed by atoms with Gasteiger partial charge in [-0.15, -0.1) is 0 Å². The highest BCUT2D eigenvalue weighted by Crippen LogP contribution is 2.36. The molecule has 8 heteroatoms. The number of fused-ring (bicyclic) bond motifs is 1. The normalized spacial score (nSPS) is 12.1. The molecule has 5 nitrogen and oxygen atoms in total. The first-order valence-corrected chi connectivity index (χ1v) is 11.1. The molecule has 0 unspecified atom stereocenters. The van der Waals surface area contributed by atoms with Crippen LogP contribution in [0.25, 0.3) is 0 Å². The first-order chi connectivity index (χ1) is 15.0. The van der Waals surface area contributed by atoms with Crippen LogP contribution in [-0.2, 0) is 19.7 Å². The molecule has 3 aromatic carbocycles. The van der Waals surface area contributed by atoms with E-state index >= 15 is 0 Å². The van der Waals surface area contributed by atoms with Gasteiger partial charge in [-0.25, -0.2) is 0 Å². The lowest BCUT2D eigenvalue weighted by Gasteiger charge is -2.15. The zero-order chi connectivity index (χ0) is 21.8. The molecule has 0 saturated carbocycles. The smallest absolute Gasteiger partial charge is 0.231 e. The fraction of sp³-hybridized carbons (Fsp3) is 0.217. The predicted molar refractivity (Wildman–Crippen MR) is 125 cm³/mol. The number of nitrogens with one attached hydrogen (secondary N) is 1. The molecule has 0 bridgehead atoms. The van der Waals surface area contributed by atoms with Gasteiger partial charge in [-0.3, -0.25) is 0 Å². The number of hydrogen-bond donors (Lipinski definition) is 1. The Balaban J connectivity index is 1.41. The Morgan fingerprint density at radius 1 is 0.968 bits per heavy atom. The second kappa shape index (κ2) is 10.0. The lowest BCUT2D eigenvalue weighted by Crippen LogP contribution is -2.13. The fourth-order valence-corrected chi connectivity index (χ4v) is 4.17. The fourth-order valence-electron chi connectivity index (χ4n) is 3.20. The minimum atomic E-state index is 0.239. The molecule has 0 spiro atoms. The van der Waals surface area contributed by atoms with Crippen LogP contribution in [0.3, 0.4) is 0 Å². The van der Waals surface area contributed by atoms with Gasteiger partial charge in [0.1, 0.15) is 6.61 Å². The van der Waals surface area contributed by atoms with Crippen molar-refractivity contribution in [1.82, 2.24) is 5.32 Å². The van der Waals surface area contributed by atoms with E-state index in [1.807, 2.05) is 30.3 Å². The first-order valence-electron chi connectivity index (χ1n) is 9.56. The Morgan fingerprint density at radius 2 is 1.74 bits per heavy atom. The van der Waals surface area contributed by atoms with Gasteiger partial charge in [0.2, 0.25) is 6.79 Å². The van der Waals surface area contributed by atoms with Gasteiger partial charge in [-0.05, 0) is 47.5 Å². The van der Waals surface area contributed by atoms with Crippen LogP contribution in [0, 0.1) is 0 Å². The highest BCUT2D eigenvalue weighted by Gasteiger charge is 2.14. The monoisotopic (exact) mass is 523 g/mol. The quantitative estimate of drug-likeness (QED) is 0.371. The molecule has 1 heterocycles. The number of hydrogen-bond acceptors (Lipinski definition) is 5. The topological polar surface area (TPSA) is 49.0 Å². The lowest BCUT2D eigenvalue weighted by atomic mass is 10.1. The summed E-state index contributed by atoms with van der Waals surface area (Å²) in [5.41, 5.74) is 2.89. The molecule has 31 heavy (non-hydrogen) atoms. The molecule has 1 aliphatic rings. The van der Waals surface area contributed by atoms with Crippen molar-refractivity contribution in [3.8, 4) is 23.0 Å². The lowest BCUT2D eigenvalue weighted by molar-refractivity contribution is 0.174. The molecule has 4 rings (SSSR count). The second-order valence-corrected chi connectivity index (χ2v) is 8.54. The van der Waals surface area contributed by atoms with E-state index in [0.717, 1.165) is 32.7 Å². The average Bonchev–Trinajstić information content (AvgIpc) is 3.22. The molecule has 0 fully saturated rings. The molecule has 0 atom stereocenters. The zero-order valence-electron chi connectivity index (χ0n) is 16.7. The molecule has 0 radical (unpaired) electrons. The van der Waals surface area contributed by atoms with Crippen LogP contribution in [0.5, 0.6) is 23.0 Å². The van der Waals surface area contributed by atoms with Crippen molar-refractivity contribution in [1.29, 1.82) is 0 Å². The summed E-state index contributed by atoms with van der Waals surface area (Å²) in [6.07, 6.45) is 0. The summed E-state index contributed by atoms with van der Waals surface area (Å²) in [5.74, 6) is 2.79. The highest BCUT2D eigenvalue weighted by atomic mass is 79.9. The SMILES string of the molecule is COc1cc(CNCc2ccc3c(c2)OCO3)c(Br)cc1OCc1c(Cl)cccc1Cl. The minimum Gasteiger partial charge on any atom is -0.493 e. The summed E-state index contributed by atoms with van der Waals surface area (Å²) >= 11 is 16.1. The van der Waals surface area contributed by atoms with Crippen LogP contribution < -0.4 is 24.3 Å². The summed E-state index contributed by atoms with van der Waals surface area (Å²) in [7, 11) is 1.61. The summed E-state index contributed by atoms with van der Waals surface area (Å²) in [6.45, 7) is 1.84. The van der Waals surface area contributed by atoms with Gasteiger partial charge in [-0.2, -0.15) is 0 Å². The molecule has 0 aliphatic carbocycles. The molecule has 0 saturated heterocycles. The second-order valence-electron chi connectivity index (χ2n) is 6.87. The molecule has 0 aromatic heterocycles. The number of rotatable bonds is 8. The summed E-state index contributed by atoms with van der Waals surface area (Å²) in [6, 6.07) is 15.1. The zero-order valence-corrected chi connectivity index (χ0v) is 19.8. The van der Waals surface area contributed by atoms with Crippen LogP contribution in [0.15, 0.2) is 53.0 Å². The van der Waals surface area contributed by atoms with Crippen LogP contribution in [0.2, 0.25) is 10.0 Å². The molecule has 162 valence electrons. The molecule has 0 amide bonds. The van der Waals surface area contributed by atoms with Crippen LogP contribution in [0.4, 0.5) is 0 Å². The van der Waals surface area contributed by atoms with Crippen molar-refractivity contribution in [3.63, 3.8) is 0 Å². The molecule has 1 N–H and O–H groups in total. The van der Waals surface area contributed by atoms with Crippen molar-refractivity contribution >= 4 is 39.1 Å². The first kappa shape index (κ1) is 22.1. The van der Waals surface area contributed by atoms with E-state index in [4.69, 9.17) is 42.1 Å². The number of benzene rings is 3. The Morgan fingerprint density at radius 3 is 2.52 bits per heavy atom. The Kier molecular flexibility index (Phi) is 7.13. The number of methoxy groups -OCH3 is 1. The van der Waals surface area contributed by atoms with Crippen molar-refractivity contribution in [2.24, 2.45) is 0 Å². The van der Waals surface area contributed by atoms with Crippen molar-refractivity contribution in [2.75, 3.05) is 13.9 Å². The van der Waals surface area contributed by atoms with Crippen molar-refractivity contribution < 1.29 is 18.9 Å². The van der Waals surface area contributed by atoms with Crippen molar-refractivity contribution in [2.45, 2.75) is 19.7 Å². The van der Waals surface area contributed by atoms with E-state index in [-0.39, 0.29) is 13.4 Å². The number of halogens is 3. The Labute approximate surface area is 199 Å². The summed E-state index contributed by atoms with van der Waals surface area (Å²) < 4.78 is 23.2. The highest BCUT2D eigenvalue weighted by molar-refractivity contribution is 9.10. The molecular formula is C23H20BrCl2NO4. The molecule has 3 aromatic rings. The van der Waals surface area contributed by atoms with Gasteiger partial charge < -0.3 is 24.3 Å². The largest absolute Gasteiger partial charge is 0.493 e. The Bertz CT molecular complexity index is 1070. The van der Waals surface area contributed by atoms with Crippen LogP contribution in [-0.4, -0.2) is 13.9 Å².